The summed E-state index contributed by atoms with van der Waals surface area (Å²) in [6.45, 7) is 7.13. The summed E-state index contributed by atoms with van der Waals surface area (Å²) in [5, 5.41) is 2.88. The molecule has 1 heterocycles. The second kappa shape index (κ2) is 6.00. The first-order valence-corrected chi connectivity index (χ1v) is 6.08. The highest BCUT2D eigenvalue weighted by Gasteiger charge is 2.33. The Hall–Kier alpha value is -1.10. The molecule has 1 aliphatic heterocycles. The summed E-state index contributed by atoms with van der Waals surface area (Å²) in [5.74, 6) is -0.246. The fourth-order valence-electron chi connectivity index (χ4n) is 2.07. The molecule has 0 aliphatic carbocycles. The van der Waals surface area contributed by atoms with Crippen molar-refractivity contribution in [1.82, 2.24) is 10.2 Å². The van der Waals surface area contributed by atoms with Crippen LogP contribution in [0, 0.1) is 5.92 Å². The average Bonchev–Trinajstić information content (AvgIpc) is 2.75. The lowest BCUT2D eigenvalue weighted by atomic mass is 10.1. The van der Waals surface area contributed by atoms with Crippen molar-refractivity contribution in [3.8, 4) is 0 Å². The van der Waals surface area contributed by atoms with E-state index >= 15 is 0 Å². The van der Waals surface area contributed by atoms with Gasteiger partial charge in [-0.25, -0.2) is 0 Å². The van der Waals surface area contributed by atoms with Gasteiger partial charge in [-0.2, -0.15) is 0 Å². The quantitative estimate of drug-likeness (QED) is 0.725. The predicted octanol–water partition coefficient (Wildman–Crippen LogP) is 0.394. The number of hydrogen-bond acceptors (Lipinski definition) is 4. The number of ether oxygens (including phenoxy) is 1. The summed E-state index contributed by atoms with van der Waals surface area (Å²) in [5.41, 5.74) is 0. The number of likely N-dealkylation sites (tertiary alicyclic amines) is 1. The minimum absolute atomic E-state index is 0.0190. The second-order valence-electron chi connectivity index (χ2n) is 4.84. The molecule has 1 aliphatic rings. The molecule has 2 atom stereocenters. The molecule has 1 N–H and O–H groups in total. The number of carbonyl (C=O) groups excluding carboxylic acids is 2. The molecule has 17 heavy (non-hydrogen) atoms. The Balaban J connectivity index is 2.47. The Bertz CT molecular complexity index is 291. The van der Waals surface area contributed by atoms with Gasteiger partial charge in [0, 0.05) is 12.6 Å². The van der Waals surface area contributed by atoms with Crippen LogP contribution in [0.1, 0.15) is 27.2 Å². The van der Waals surface area contributed by atoms with E-state index in [9.17, 15) is 9.59 Å². The van der Waals surface area contributed by atoms with Gasteiger partial charge in [0.05, 0.1) is 19.1 Å². The highest BCUT2D eigenvalue weighted by atomic mass is 16.5. The Morgan fingerprint density at radius 1 is 1.35 bits per heavy atom. The van der Waals surface area contributed by atoms with Gasteiger partial charge in [0.15, 0.2) is 0 Å². The minimum atomic E-state index is -0.188. The minimum Gasteiger partial charge on any atom is -0.469 e. The van der Waals surface area contributed by atoms with E-state index < -0.39 is 0 Å². The van der Waals surface area contributed by atoms with E-state index in [-0.39, 0.29) is 29.9 Å². The number of nitrogens with zero attached hydrogens (tertiary/aromatic N) is 1. The van der Waals surface area contributed by atoms with E-state index in [2.05, 4.69) is 5.32 Å². The monoisotopic (exact) mass is 242 g/mol. The van der Waals surface area contributed by atoms with Crippen molar-refractivity contribution in [3.05, 3.63) is 0 Å². The maximum Gasteiger partial charge on any atom is 0.310 e. The van der Waals surface area contributed by atoms with E-state index in [1.165, 1.54) is 7.11 Å². The first-order chi connectivity index (χ1) is 7.95. The third-order valence-electron chi connectivity index (χ3n) is 3.11. The zero-order valence-electron chi connectivity index (χ0n) is 11.0. The van der Waals surface area contributed by atoms with Gasteiger partial charge in [-0.3, -0.25) is 14.5 Å². The number of carbonyl (C=O) groups is 2. The zero-order chi connectivity index (χ0) is 13.0. The summed E-state index contributed by atoms with van der Waals surface area (Å²) in [4.78, 5) is 25.2. The Morgan fingerprint density at radius 3 is 2.53 bits per heavy atom. The third kappa shape index (κ3) is 3.70. The molecule has 1 saturated heterocycles. The maximum absolute atomic E-state index is 11.8. The Labute approximate surface area is 102 Å². The van der Waals surface area contributed by atoms with E-state index in [1.807, 2.05) is 25.7 Å². The number of amides is 1. The smallest absolute Gasteiger partial charge is 0.310 e. The number of nitrogens with one attached hydrogen (secondary N) is 1. The number of esters is 1. The predicted molar refractivity (Wildman–Crippen MR) is 64.4 cm³/mol. The van der Waals surface area contributed by atoms with E-state index in [0.717, 1.165) is 13.0 Å². The van der Waals surface area contributed by atoms with Crippen LogP contribution in [0.15, 0.2) is 0 Å². The van der Waals surface area contributed by atoms with Crippen LogP contribution >= 0.6 is 0 Å². The van der Waals surface area contributed by atoms with Gasteiger partial charge in [-0.1, -0.05) is 0 Å². The van der Waals surface area contributed by atoms with Gasteiger partial charge < -0.3 is 10.1 Å². The SMILES string of the molecule is COC(=O)C1CCN(C(C)C(=O)NC(C)C)C1. The highest BCUT2D eigenvalue weighted by Crippen LogP contribution is 2.19. The van der Waals surface area contributed by atoms with Crippen LogP contribution in [0.5, 0.6) is 0 Å². The van der Waals surface area contributed by atoms with Gasteiger partial charge in [-0.05, 0) is 33.7 Å². The van der Waals surface area contributed by atoms with Crippen LogP contribution in [0.25, 0.3) is 0 Å². The molecule has 2 unspecified atom stereocenters. The molecular formula is C12H22N2O3. The number of rotatable bonds is 4. The van der Waals surface area contributed by atoms with Crippen molar-refractivity contribution < 1.29 is 14.3 Å². The van der Waals surface area contributed by atoms with Crippen molar-refractivity contribution in [3.63, 3.8) is 0 Å². The van der Waals surface area contributed by atoms with Gasteiger partial charge in [0.2, 0.25) is 5.91 Å². The average molecular weight is 242 g/mol. The van der Waals surface area contributed by atoms with Crippen molar-refractivity contribution in [2.75, 3.05) is 20.2 Å². The Kier molecular flexibility index (Phi) is 4.93. The highest BCUT2D eigenvalue weighted by molar-refractivity contribution is 5.81. The number of methoxy groups -OCH3 is 1. The molecule has 1 rings (SSSR count). The summed E-state index contributed by atoms with van der Waals surface area (Å²) >= 11 is 0. The normalized spacial score (nSPS) is 22.5. The summed E-state index contributed by atoms with van der Waals surface area (Å²) in [6.07, 6.45) is 0.770. The van der Waals surface area contributed by atoms with Crippen LogP contribution < -0.4 is 5.32 Å². The molecule has 5 heteroatoms. The Morgan fingerprint density at radius 2 is 2.00 bits per heavy atom. The second-order valence-corrected chi connectivity index (χ2v) is 4.84. The lowest BCUT2D eigenvalue weighted by molar-refractivity contribution is -0.145. The van der Waals surface area contributed by atoms with E-state index in [1.54, 1.807) is 0 Å². The summed E-state index contributed by atoms with van der Waals surface area (Å²) in [6, 6.07) is -0.0454. The maximum atomic E-state index is 11.8. The van der Waals surface area contributed by atoms with E-state index in [4.69, 9.17) is 4.74 Å². The van der Waals surface area contributed by atoms with Crippen molar-refractivity contribution in [2.45, 2.75) is 39.3 Å². The van der Waals surface area contributed by atoms with E-state index in [0.29, 0.717) is 6.54 Å². The standard InChI is InChI=1S/C12H22N2O3/c1-8(2)13-11(15)9(3)14-6-5-10(7-14)12(16)17-4/h8-10H,5-7H2,1-4H3,(H,13,15). The van der Waals surface area contributed by atoms with Gasteiger partial charge >= 0.3 is 5.97 Å². The molecule has 98 valence electrons. The molecule has 0 aromatic rings. The fourth-order valence-corrected chi connectivity index (χ4v) is 2.07. The summed E-state index contributed by atoms with van der Waals surface area (Å²) < 4.78 is 4.72. The lowest BCUT2D eigenvalue weighted by Gasteiger charge is -2.24. The molecule has 0 aromatic carbocycles. The first kappa shape index (κ1) is 14.0. The van der Waals surface area contributed by atoms with Crippen molar-refractivity contribution >= 4 is 11.9 Å². The molecule has 0 aromatic heterocycles. The topological polar surface area (TPSA) is 58.6 Å². The largest absolute Gasteiger partial charge is 0.469 e. The zero-order valence-corrected chi connectivity index (χ0v) is 11.0. The van der Waals surface area contributed by atoms with Gasteiger partial charge in [-0.15, -0.1) is 0 Å². The van der Waals surface area contributed by atoms with Crippen LogP contribution in [-0.2, 0) is 14.3 Å². The fraction of sp³-hybridized carbons (Fsp3) is 0.833. The van der Waals surface area contributed by atoms with Crippen molar-refractivity contribution in [1.29, 1.82) is 0 Å². The first-order valence-electron chi connectivity index (χ1n) is 6.08. The molecule has 0 saturated carbocycles. The number of hydrogen-bond donors (Lipinski definition) is 1. The van der Waals surface area contributed by atoms with Crippen LogP contribution in [0.3, 0.4) is 0 Å². The molecule has 0 spiro atoms. The van der Waals surface area contributed by atoms with Crippen LogP contribution in [0.2, 0.25) is 0 Å². The lowest BCUT2D eigenvalue weighted by Crippen LogP contribution is -2.46. The molecule has 5 nitrogen and oxygen atoms in total. The van der Waals surface area contributed by atoms with Crippen molar-refractivity contribution in [2.24, 2.45) is 5.92 Å². The van der Waals surface area contributed by atoms with Crippen LogP contribution in [-0.4, -0.2) is 49.1 Å². The molecule has 1 fully saturated rings. The summed E-state index contributed by atoms with van der Waals surface area (Å²) in [7, 11) is 1.40. The molecule has 1 amide bonds. The molecule has 0 bridgehead atoms. The third-order valence-corrected chi connectivity index (χ3v) is 3.11. The van der Waals surface area contributed by atoms with Gasteiger partial charge in [0.1, 0.15) is 0 Å². The van der Waals surface area contributed by atoms with Crippen LogP contribution in [0.4, 0.5) is 0 Å². The molecular weight excluding hydrogens is 220 g/mol. The van der Waals surface area contributed by atoms with Gasteiger partial charge in [0.25, 0.3) is 0 Å². The molecule has 0 radical (unpaired) electrons.